The molecule has 6 heterocycles. The first-order valence-corrected chi connectivity index (χ1v) is 46.6. The van der Waals surface area contributed by atoms with Gasteiger partial charge in [-0.15, -0.1) is 0 Å². The molecule has 1 spiro atoms. The molecule has 16 aromatic carbocycles. The second-order valence-electron chi connectivity index (χ2n) is 35.8. The van der Waals surface area contributed by atoms with Gasteiger partial charge in [-0.05, 0) is 188 Å². The molecule has 9 nitrogen and oxygen atoms in total. The second-order valence-corrected chi connectivity index (χ2v) is 35.8. The fourth-order valence-corrected chi connectivity index (χ4v) is 21.2. The van der Waals surface area contributed by atoms with E-state index in [2.05, 4.69) is 411 Å². The Bertz CT molecular complexity index is 7920. The van der Waals surface area contributed by atoms with Gasteiger partial charge in [-0.25, -0.2) is 29.9 Å². The summed E-state index contributed by atoms with van der Waals surface area (Å²) in [4.78, 5) is 43.6. The summed E-state index contributed by atoms with van der Waals surface area (Å²) in [6.07, 6.45) is 11.1. The first kappa shape index (κ1) is 82.4. The average molecular weight is 1750 g/mol. The summed E-state index contributed by atoms with van der Waals surface area (Å²) < 4.78 is 0. The third-order valence-electron chi connectivity index (χ3n) is 27.7. The van der Waals surface area contributed by atoms with Crippen LogP contribution in [-0.2, 0) is 16.2 Å². The van der Waals surface area contributed by atoms with Crippen molar-refractivity contribution in [3.63, 3.8) is 0 Å². The second kappa shape index (κ2) is 34.7. The molecule has 0 amide bonds. The van der Waals surface area contributed by atoms with E-state index in [0.29, 0.717) is 11.6 Å². The van der Waals surface area contributed by atoms with Crippen LogP contribution in [0.3, 0.4) is 0 Å². The molecule has 0 saturated heterocycles. The fourth-order valence-electron chi connectivity index (χ4n) is 21.2. The molecule has 0 radical (unpaired) electrons. The van der Waals surface area contributed by atoms with Crippen molar-refractivity contribution in [2.45, 2.75) is 30.1 Å². The van der Waals surface area contributed by atoms with Gasteiger partial charge in [-0.2, -0.15) is 0 Å². The van der Waals surface area contributed by atoms with Gasteiger partial charge in [0.2, 0.25) is 0 Å². The molecule has 0 unspecified atom stereocenters. The molecule has 9 heteroatoms. The fraction of sp³-hybridized carbons (Fsp3) is 0.0391. The van der Waals surface area contributed by atoms with E-state index in [9.17, 15) is 0 Å². The van der Waals surface area contributed by atoms with E-state index < -0.39 is 10.8 Å². The van der Waals surface area contributed by atoms with E-state index in [-0.39, 0.29) is 5.41 Å². The summed E-state index contributed by atoms with van der Waals surface area (Å²) >= 11 is 0. The van der Waals surface area contributed by atoms with E-state index in [1.165, 1.54) is 100 Å². The van der Waals surface area contributed by atoms with E-state index in [0.717, 1.165) is 123 Å². The Kier molecular flexibility index (Phi) is 20.9. The summed E-state index contributed by atoms with van der Waals surface area (Å²) in [5.41, 5.74) is 43.7. The van der Waals surface area contributed by atoms with Gasteiger partial charge in [0.15, 0.2) is 17.5 Å². The third-order valence-corrected chi connectivity index (χ3v) is 27.7. The van der Waals surface area contributed by atoms with Gasteiger partial charge in [0, 0.05) is 92.7 Å². The lowest BCUT2D eigenvalue weighted by atomic mass is 9.67. The molecule has 6 aromatic heterocycles. The normalized spacial score (nSPS) is 12.9. The molecular formula is C128H87N9. The average Bonchev–Trinajstić information content (AvgIpc) is 1.50. The summed E-state index contributed by atoms with van der Waals surface area (Å²) in [7, 11) is 0. The highest BCUT2D eigenvalue weighted by molar-refractivity contribution is 5.97. The maximum atomic E-state index is 5.22. The predicted molar refractivity (Wildman–Crippen MR) is 556 cm³/mol. The lowest BCUT2D eigenvalue weighted by Gasteiger charge is -2.34. The highest BCUT2D eigenvalue weighted by atomic mass is 14.9. The summed E-state index contributed by atoms with van der Waals surface area (Å²) in [5.74, 6) is 2.13. The maximum Gasteiger partial charge on any atom is 0.160 e. The highest BCUT2D eigenvalue weighted by Crippen LogP contribution is 2.64. The van der Waals surface area contributed by atoms with Gasteiger partial charge in [-0.3, -0.25) is 15.0 Å². The zero-order valence-corrected chi connectivity index (χ0v) is 75.3. The molecule has 0 aliphatic heterocycles. The van der Waals surface area contributed by atoms with Crippen LogP contribution >= 0.6 is 0 Å². The van der Waals surface area contributed by atoms with Crippen LogP contribution in [0.1, 0.15) is 69.5 Å². The van der Waals surface area contributed by atoms with Crippen LogP contribution in [0.25, 0.3) is 180 Å². The van der Waals surface area contributed by atoms with Crippen LogP contribution in [0.15, 0.2) is 492 Å². The number of rotatable bonds is 14. The molecule has 644 valence electrons. The largest absolute Gasteiger partial charge is 0.264 e. The minimum Gasteiger partial charge on any atom is -0.264 e. The molecular weight excluding hydrogens is 1660 g/mol. The van der Waals surface area contributed by atoms with Crippen molar-refractivity contribution in [3.05, 3.63) is 548 Å². The highest BCUT2D eigenvalue weighted by Gasteiger charge is 2.52. The summed E-state index contributed by atoms with van der Waals surface area (Å²) in [5, 5.41) is 0. The van der Waals surface area contributed by atoms with Crippen LogP contribution in [-0.4, -0.2) is 44.9 Å². The molecule has 4 aliphatic carbocycles. The van der Waals surface area contributed by atoms with Gasteiger partial charge < -0.3 is 0 Å². The summed E-state index contributed by atoms with van der Waals surface area (Å²) in [6.45, 7) is 4.62. The molecule has 4 aliphatic rings. The number of benzene rings is 16. The van der Waals surface area contributed by atoms with E-state index in [1.54, 1.807) is 18.6 Å². The van der Waals surface area contributed by atoms with Crippen LogP contribution in [0.5, 0.6) is 0 Å². The molecule has 22 aromatic rings. The Labute approximate surface area is 796 Å². The number of aromatic nitrogens is 9. The number of nitrogens with zero attached hydrogens (tertiary/aromatic N) is 9. The van der Waals surface area contributed by atoms with Gasteiger partial charge >= 0.3 is 0 Å². The standard InChI is InChI=1S/C46H29N3.C46H31N3.C36H27N3/c1-2-11-32(12-3-1)45-48-43(31-22-20-30(21-23-31)34-13-10-26-47-29-34)28-44(49-45)33-24-25-38-37-16-6-9-19-41(37)46(42(38)27-33)39-17-7-4-14-35(39)36-15-5-8-18-40(36)46;1-4-13-34(14-5-1)45-48-43(33-24-22-32(23-25-33)36-15-12-28-47-31-36)30-44(49-45)35-26-27-40-39-20-10-11-21-41(39)46(42(40)29-35,37-16-6-2-7-17-37)38-18-8-3-9-19-38;1-36(2)31-13-7-6-12-29(31)30-19-18-27(21-32(30)36)34-22-33(38-35(39-34)26-9-4-3-5-10-26)25-16-14-24(15-17-25)28-11-8-20-37-23-28/h1-29H;1-31H;3-23H,1-2H3. The van der Waals surface area contributed by atoms with Crippen molar-refractivity contribution in [2.24, 2.45) is 0 Å². The molecule has 0 fully saturated rings. The Balaban J connectivity index is 0.000000113. The Morgan fingerprint density at radius 1 is 0.153 bits per heavy atom. The number of fused-ring (bicyclic) bond motifs is 16. The summed E-state index contributed by atoms with van der Waals surface area (Å²) in [6, 6.07) is 162. The number of pyridine rings is 3. The maximum absolute atomic E-state index is 5.22. The number of hydrogen-bond acceptors (Lipinski definition) is 9. The molecule has 137 heavy (non-hydrogen) atoms. The van der Waals surface area contributed by atoms with Gasteiger partial charge in [-0.1, -0.05) is 414 Å². The van der Waals surface area contributed by atoms with E-state index in [1.807, 2.05) is 91.4 Å². The van der Waals surface area contributed by atoms with E-state index >= 15 is 0 Å². The van der Waals surface area contributed by atoms with Crippen molar-refractivity contribution < 1.29 is 0 Å². The third kappa shape index (κ3) is 14.6. The van der Waals surface area contributed by atoms with Gasteiger partial charge in [0.05, 0.1) is 45.0 Å². The Morgan fingerprint density at radius 3 is 0.693 bits per heavy atom. The van der Waals surface area contributed by atoms with E-state index in [4.69, 9.17) is 29.9 Å². The van der Waals surface area contributed by atoms with Crippen molar-refractivity contribution in [2.75, 3.05) is 0 Å². The van der Waals surface area contributed by atoms with Crippen LogP contribution < -0.4 is 0 Å². The quantitative estimate of drug-likeness (QED) is 0.105. The minimum atomic E-state index is -0.481. The minimum absolute atomic E-state index is 0.0673. The molecule has 0 atom stereocenters. The SMILES string of the molecule is CC1(C)c2ccccc2-c2ccc(-c3cc(-c4ccc(-c5cccnc5)cc4)nc(-c4ccccc4)n3)cc21.c1ccc(-c2nc(-c3ccc(-c4cccnc4)cc3)cc(-c3ccc4c(c3)C(c3ccccc3)(c3ccccc3)c3ccccc3-4)n2)cc1.c1ccc(-c2nc(-c3ccc(-c4cccnc4)cc3)cc(-c3ccc4c(c3)C3(c5ccccc5-c5ccccc53)c3ccccc3-4)n2)cc1. The first-order valence-electron chi connectivity index (χ1n) is 46.6. The van der Waals surface area contributed by atoms with Crippen molar-refractivity contribution in [1.29, 1.82) is 0 Å². The van der Waals surface area contributed by atoms with Crippen molar-refractivity contribution in [3.8, 4) is 180 Å². The topological polar surface area (TPSA) is 116 Å². The Hall–Kier alpha value is -17.8. The van der Waals surface area contributed by atoms with Gasteiger partial charge in [0.25, 0.3) is 0 Å². The lowest BCUT2D eigenvalue weighted by Crippen LogP contribution is -2.28. The van der Waals surface area contributed by atoms with Crippen molar-refractivity contribution in [1.82, 2.24) is 44.9 Å². The zero-order valence-electron chi connectivity index (χ0n) is 75.3. The molecule has 0 N–H and O–H groups in total. The first-order chi connectivity index (χ1) is 67.6. The van der Waals surface area contributed by atoms with Crippen LogP contribution in [0.4, 0.5) is 0 Å². The smallest absolute Gasteiger partial charge is 0.160 e. The van der Waals surface area contributed by atoms with Gasteiger partial charge in [0.1, 0.15) is 0 Å². The Morgan fingerprint density at radius 2 is 0.380 bits per heavy atom. The molecule has 26 rings (SSSR count). The molecule has 0 bridgehead atoms. The van der Waals surface area contributed by atoms with Crippen LogP contribution in [0, 0.1) is 0 Å². The number of hydrogen-bond donors (Lipinski definition) is 0. The van der Waals surface area contributed by atoms with Crippen molar-refractivity contribution >= 4 is 0 Å². The lowest BCUT2D eigenvalue weighted by molar-refractivity contribution is 0.660. The zero-order chi connectivity index (χ0) is 91.4. The monoisotopic (exact) mass is 1750 g/mol. The predicted octanol–water partition coefficient (Wildman–Crippen LogP) is 30.6. The van der Waals surface area contributed by atoms with Crippen LogP contribution in [0.2, 0.25) is 0 Å². The molecule has 0 saturated carbocycles.